The molecule has 0 saturated carbocycles. The summed E-state index contributed by atoms with van der Waals surface area (Å²) in [4.78, 5) is 17.3. The van der Waals surface area contributed by atoms with Crippen LogP contribution in [0, 0.1) is 0 Å². The van der Waals surface area contributed by atoms with Crippen LogP contribution in [0.5, 0.6) is 0 Å². The minimum Gasteiger partial charge on any atom is -0.445 e. The molecule has 30 heavy (non-hydrogen) atoms. The summed E-state index contributed by atoms with van der Waals surface area (Å²) >= 11 is 0. The quantitative estimate of drug-likeness (QED) is 0.415. The highest BCUT2D eigenvalue weighted by Gasteiger charge is 2.36. The maximum atomic E-state index is 13.0. The maximum absolute atomic E-state index is 13.0. The van der Waals surface area contributed by atoms with Gasteiger partial charge in [-0.15, -0.1) is 0 Å². The molecule has 1 saturated heterocycles. The lowest BCUT2D eigenvalue weighted by atomic mass is 9.98. The molecule has 3 rings (SSSR count). The maximum Gasteiger partial charge on any atom is 0.410 e. The second kappa shape index (κ2) is 10.6. The number of hydrogen-bond donors (Lipinski definition) is 1. The molecule has 0 radical (unpaired) electrons. The fraction of sp³-hybridized carbons (Fsp3) is 0.409. The number of ether oxygens (including phenoxy) is 2. The number of aliphatic hydroxyl groups excluding tert-OH is 1. The molecule has 0 bridgehead atoms. The highest BCUT2D eigenvalue weighted by atomic mass is 16.6. The fourth-order valence-electron chi connectivity index (χ4n) is 3.51. The van der Waals surface area contributed by atoms with Crippen LogP contribution in [-0.4, -0.2) is 40.6 Å². The first-order valence-corrected chi connectivity index (χ1v) is 9.97. The Labute approximate surface area is 175 Å². The lowest BCUT2D eigenvalue weighted by Crippen LogP contribution is -2.50. The molecule has 0 spiro atoms. The molecule has 1 amide bonds. The number of carbonyl (C=O) groups excluding carboxylic acids is 1. The first kappa shape index (κ1) is 21.6. The number of carbonyl (C=O) groups is 1. The molecule has 4 atom stereocenters. The van der Waals surface area contributed by atoms with E-state index in [2.05, 4.69) is 10.0 Å². The minimum absolute atomic E-state index is 0.171. The van der Waals surface area contributed by atoms with E-state index in [1.807, 2.05) is 67.6 Å². The molecule has 1 N–H and O–H groups in total. The Balaban J connectivity index is 1.71. The Morgan fingerprint density at radius 1 is 1.20 bits per heavy atom. The van der Waals surface area contributed by atoms with Crippen LogP contribution < -0.4 is 0 Å². The van der Waals surface area contributed by atoms with E-state index in [1.54, 1.807) is 4.90 Å². The first-order valence-electron chi connectivity index (χ1n) is 9.97. The normalized spacial score (nSPS) is 21.9. The average Bonchev–Trinajstić information content (AvgIpc) is 2.78. The topological polar surface area (TPSA) is 108 Å². The third-order valence-electron chi connectivity index (χ3n) is 5.26. The zero-order valence-corrected chi connectivity index (χ0v) is 16.9. The zero-order valence-electron chi connectivity index (χ0n) is 16.9. The Morgan fingerprint density at radius 2 is 1.83 bits per heavy atom. The molecular formula is C22H26N4O4. The van der Waals surface area contributed by atoms with Crippen LogP contribution in [0.4, 0.5) is 4.79 Å². The van der Waals surface area contributed by atoms with Gasteiger partial charge in [-0.1, -0.05) is 65.8 Å². The third-order valence-corrected chi connectivity index (χ3v) is 5.26. The number of amides is 1. The van der Waals surface area contributed by atoms with E-state index in [0.29, 0.717) is 19.4 Å². The van der Waals surface area contributed by atoms with Crippen molar-refractivity contribution in [2.45, 2.75) is 57.4 Å². The van der Waals surface area contributed by atoms with Gasteiger partial charge in [0.2, 0.25) is 0 Å². The Bertz CT molecular complexity index is 858. The van der Waals surface area contributed by atoms with Gasteiger partial charge in [0, 0.05) is 11.5 Å². The molecule has 1 aliphatic rings. The summed E-state index contributed by atoms with van der Waals surface area (Å²) in [5.41, 5.74) is 10.5. The predicted octanol–water partition coefficient (Wildman–Crippen LogP) is 4.39. The van der Waals surface area contributed by atoms with E-state index in [4.69, 9.17) is 15.0 Å². The van der Waals surface area contributed by atoms with Crippen LogP contribution in [0.1, 0.15) is 30.9 Å². The van der Waals surface area contributed by atoms with Gasteiger partial charge in [0.05, 0.1) is 18.2 Å². The molecule has 8 heteroatoms. The van der Waals surface area contributed by atoms with Crippen molar-refractivity contribution in [1.82, 2.24) is 4.90 Å². The van der Waals surface area contributed by atoms with Crippen molar-refractivity contribution in [2.75, 3.05) is 0 Å². The summed E-state index contributed by atoms with van der Waals surface area (Å²) < 4.78 is 11.2. The minimum atomic E-state index is -1.19. The van der Waals surface area contributed by atoms with Crippen LogP contribution in [-0.2, 0) is 22.6 Å². The number of benzene rings is 2. The van der Waals surface area contributed by atoms with E-state index >= 15 is 0 Å². The summed E-state index contributed by atoms with van der Waals surface area (Å²) in [6.07, 6.45) is -1.01. The van der Waals surface area contributed by atoms with Crippen LogP contribution in [0.15, 0.2) is 65.8 Å². The molecule has 2 aromatic carbocycles. The lowest BCUT2D eigenvalue weighted by molar-refractivity contribution is -0.186. The number of hydrogen-bond acceptors (Lipinski definition) is 5. The molecule has 0 aromatic heterocycles. The van der Waals surface area contributed by atoms with Gasteiger partial charge in [-0.25, -0.2) is 4.79 Å². The molecule has 1 aliphatic heterocycles. The second-order valence-electron chi connectivity index (χ2n) is 7.31. The zero-order chi connectivity index (χ0) is 21.3. The lowest BCUT2D eigenvalue weighted by Gasteiger charge is -2.39. The van der Waals surface area contributed by atoms with Gasteiger partial charge in [-0.3, -0.25) is 4.90 Å². The van der Waals surface area contributed by atoms with Crippen LogP contribution in [0.25, 0.3) is 10.4 Å². The molecule has 2 aromatic rings. The number of rotatable bonds is 7. The third kappa shape index (κ3) is 5.73. The number of azide groups is 1. The molecular weight excluding hydrogens is 384 g/mol. The number of aliphatic hydroxyl groups is 1. The molecule has 0 aliphatic carbocycles. The van der Waals surface area contributed by atoms with Crippen molar-refractivity contribution in [3.05, 3.63) is 82.2 Å². The second-order valence-corrected chi connectivity index (χ2v) is 7.31. The fourth-order valence-corrected chi connectivity index (χ4v) is 3.51. The van der Waals surface area contributed by atoms with Gasteiger partial charge in [-0.2, -0.15) is 0 Å². The Kier molecular flexibility index (Phi) is 7.68. The van der Waals surface area contributed by atoms with Gasteiger partial charge < -0.3 is 14.6 Å². The van der Waals surface area contributed by atoms with Crippen molar-refractivity contribution < 1.29 is 19.4 Å². The SMILES string of the molecule is C[C@H]([C@@H]1CCC(N=[N+]=[N-])C(O)O1)N(Cc1ccccc1)C(=O)OCc1ccccc1. The summed E-state index contributed by atoms with van der Waals surface area (Å²) in [7, 11) is 0. The summed E-state index contributed by atoms with van der Waals surface area (Å²) in [6.45, 7) is 2.40. The Morgan fingerprint density at radius 3 is 2.43 bits per heavy atom. The van der Waals surface area contributed by atoms with E-state index in [0.717, 1.165) is 11.1 Å². The van der Waals surface area contributed by atoms with Gasteiger partial charge in [0.15, 0.2) is 6.29 Å². The monoisotopic (exact) mass is 410 g/mol. The van der Waals surface area contributed by atoms with Crippen molar-refractivity contribution in [2.24, 2.45) is 5.11 Å². The highest BCUT2D eigenvalue weighted by Crippen LogP contribution is 2.26. The smallest absolute Gasteiger partial charge is 0.410 e. The van der Waals surface area contributed by atoms with Crippen molar-refractivity contribution in [3.63, 3.8) is 0 Å². The van der Waals surface area contributed by atoms with E-state index in [9.17, 15) is 9.90 Å². The molecule has 1 heterocycles. The molecule has 1 fully saturated rings. The van der Waals surface area contributed by atoms with Crippen LogP contribution in [0.2, 0.25) is 0 Å². The summed E-state index contributed by atoms with van der Waals surface area (Å²) in [5.74, 6) is 0. The summed E-state index contributed by atoms with van der Waals surface area (Å²) in [6, 6.07) is 18.2. The largest absolute Gasteiger partial charge is 0.445 e. The van der Waals surface area contributed by atoms with Gasteiger partial charge >= 0.3 is 6.09 Å². The first-order chi connectivity index (χ1) is 14.6. The molecule has 2 unspecified atom stereocenters. The van der Waals surface area contributed by atoms with Gasteiger partial charge in [0.1, 0.15) is 6.61 Å². The highest BCUT2D eigenvalue weighted by molar-refractivity contribution is 5.68. The summed E-state index contributed by atoms with van der Waals surface area (Å²) in [5, 5.41) is 13.7. The van der Waals surface area contributed by atoms with Crippen molar-refractivity contribution >= 4 is 6.09 Å². The molecule has 8 nitrogen and oxygen atoms in total. The average molecular weight is 410 g/mol. The van der Waals surface area contributed by atoms with Gasteiger partial charge in [0.25, 0.3) is 0 Å². The van der Waals surface area contributed by atoms with Gasteiger partial charge in [-0.05, 0) is 36.4 Å². The standard InChI is InChI=1S/C22H26N4O4/c1-16(20-13-12-19(24-25-23)21(27)30-20)26(14-17-8-4-2-5-9-17)22(28)29-15-18-10-6-3-7-11-18/h2-11,16,19-21,27H,12-15H2,1H3/t16-,19?,20+,21?/m1/s1. The predicted molar refractivity (Wildman–Crippen MR) is 111 cm³/mol. The van der Waals surface area contributed by atoms with E-state index in [-0.39, 0.29) is 12.6 Å². The van der Waals surface area contributed by atoms with Crippen LogP contribution >= 0.6 is 0 Å². The van der Waals surface area contributed by atoms with E-state index < -0.39 is 24.5 Å². The van der Waals surface area contributed by atoms with Crippen LogP contribution in [0.3, 0.4) is 0 Å². The van der Waals surface area contributed by atoms with Crippen molar-refractivity contribution in [3.8, 4) is 0 Å². The number of nitrogens with zero attached hydrogens (tertiary/aromatic N) is 4. The molecule has 158 valence electrons. The Hall–Kier alpha value is -3.06. The van der Waals surface area contributed by atoms with E-state index in [1.165, 1.54) is 0 Å². The van der Waals surface area contributed by atoms with Crippen molar-refractivity contribution in [1.29, 1.82) is 0 Å².